The van der Waals surface area contributed by atoms with E-state index in [0.717, 1.165) is 0 Å². The number of amides is 1. The van der Waals surface area contributed by atoms with Gasteiger partial charge in [0.15, 0.2) is 11.6 Å². The Morgan fingerprint density at radius 3 is 2.63 bits per heavy atom. The van der Waals surface area contributed by atoms with Crippen LogP contribution in [0.3, 0.4) is 0 Å². The van der Waals surface area contributed by atoms with Crippen molar-refractivity contribution in [1.82, 2.24) is 19.9 Å². The van der Waals surface area contributed by atoms with E-state index in [1.54, 1.807) is 19.1 Å². The first-order chi connectivity index (χ1) is 20.7. The van der Waals surface area contributed by atoms with Gasteiger partial charge in [0, 0.05) is 28.1 Å². The molecule has 3 aromatic heterocycles. The highest BCUT2D eigenvalue weighted by molar-refractivity contribution is 7.21. The fourth-order valence-electron chi connectivity index (χ4n) is 3.85. The number of pyridine rings is 1. The lowest BCUT2D eigenvalue weighted by Crippen LogP contribution is -2.24. The van der Waals surface area contributed by atoms with E-state index in [2.05, 4.69) is 30.0 Å². The van der Waals surface area contributed by atoms with Crippen molar-refractivity contribution in [2.45, 2.75) is 19.6 Å². The molecule has 3 heterocycles. The molecule has 0 radical (unpaired) electrons. The van der Waals surface area contributed by atoms with Gasteiger partial charge in [0.1, 0.15) is 30.1 Å². The number of benzene rings is 2. The van der Waals surface area contributed by atoms with Crippen LogP contribution < -0.4 is 19.5 Å². The Morgan fingerprint density at radius 1 is 1.09 bits per heavy atom. The van der Waals surface area contributed by atoms with E-state index >= 15 is 0 Å². The zero-order valence-corrected chi connectivity index (χ0v) is 23.7. The molecule has 0 aliphatic heterocycles. The average Bonchev–Trinajstić information content (AvgIpc) is 3.37. The maximum absolute atomic E-state index is 14.9. The maximum atomic E-state index is 14.9. The normalized spacial score (nSPS) is 12.0. The minimum absolute atomic E-state index is 0.0329. The highest BCUT2D eigenvalue weighted by Crippen LogP contribution is 2.38. The summed E-state index contributed by atoms with van der Waals surface area (Å²) < 4.78 is 61.1. The Hall–Kier alpha value is -4.47. The van der Waals surface area contributed by atoms with Crippen molar-refractivity contribution in [3.05, 3.63) is 59.8 Å². The number of carbonyl (C=O) groups excluding carboxylic acids is 1. The molecule has 2 aromatic carbocycles. The fraction of sp³-hybridized carbons (Fsp3) is 0.222. The number of aromatic nitrogens is 4. The summed E-state index contributed by atoms with van der Waals surface area (Å²) in [6.07, 6.45) is 2.25. The van der Waals surface area contributed by atoms with Gasteiger partial charge in [-0.15, -0.1) is 11.3 Å². The van der Waals surface area contributed by atoms with E-state index in [9.17, 15) is 18.0 Å². The maximum Gasteiger partial charge on any atom is 0.411 e. The molecule has 5 rings (SSSR count). The molecular formula is C27H21ClF3N5O6S. The van der Waals surface area contributed by atoms with Crippen LogP contribution in [0.25, 0.3) is 31.7 Å². The van der Waals surface area contributed by atoms with Gasteiger partial charge >= 0.3 is 18.7 Å². The summed E-state index contributed by atoms with van der Waals surface area (Å²) in [4.78, 5) is 28.7. The summed E-state index contributed by atoms with van der Waals surface area (Å²) >= 11 is 7.51. The third-order valence-electron chi connectivity index (χ3n) is 5.59. The van der Waals surface area contributed by atoms with E-state index in [-0.39, 0.29) is 43.0 Å². The minimum atomic E-state index is -3.00. The molecule has 11 nitrogen and oxygen atoms in total. The van der Waals surface area contributed by atoms with E-state index in [1.165, 1.54) is 48.1 Å². The number of hydrogen-bond donors (Lipinski definition) is 2. The first-order valence-electron chi connectivity index (χ1n) is 12.5. The molecule has 2 N–H and O–H groups in total. The number of anilines is 1. The molecule has 16 heteroatoms. The van der Waals surface area contributed by atoms with Crippen LogP contribution >= 0.6 is 22.9 Å². The summed E-state index contributed by atoms with van der Waals surface area (Å²) in [5.74, 6) is -0.870. The average molecular weight is 636 g/mol. The van der Waals surface area contributed by atoms with E-state index in [4.69, 9.17) is 30.9 Å². The lowest BCUT2D eigenvalue weighted by molar-refractivity contribution is -0.0499. The molecule has 0 fully saturated rings. The smallest absolute Gasteiger partial charge is 0.411 e. The lowest BCUT2D eigenvalue weighted by atomic mass is 10.1. The van der Waals surface area contributed by atoms with Crippen LogP contribution in [0, 0.1) is 5.82 Å². The third-order valence-corrected chi connectivity index (χ3v) is 6.86. The van der Waals surface area contributed by atoms with Gasteiger partial charge in [0.25, 0.3) is 0 Å². The van der Waals surface area contributed by atoms with Crippen LogP contribution in [0.15, 0.2) is 48.9 Å². The Bertz CT molecular complexity index is 1760. The number of ether oxygens (including phenoxy) is 4. The van der Waals surface area contributed by atoms with Gasteiger partial charge in [-0.25, -0.2) is 24.1 Å². The van der Waals surface area contributed by atoms with Gasteiger partial charge in [-0.05, 0) is 25.1 Å². The summed E-state index contributed by atoms with van der Waals surface area (Å²) in [6.45, 7) is -1.76. The van der Waals surface area contributed by atoms with E-state index in [0.29, 0.717) is 36.7 Å². The molecule has 0 spiro atoms. The molecule has 5 aromatic rings. The van der Waals surface area contributed by atoms with Gasteiger partial charge in [0.2, 0.25) is 0 Å². The third kappa shape index (κ3) is 7.49. The SMILES string of the molecule is C[C@@H](COC(=O)Nc1cnc(OCCO)nc1)Oc1cc2sc(-c3cc(Cl)cc4cc(OC(F)F)cnc34)nc2cc1F. The number of halogens is 4. The Kier molecular flexibility index (Phi) is 9.23. The molecule has 0 aliphatic rings. The molecule has 1 amide bonds. The van der Waals surface area contributed by atoms with Crippen molar-refractivity contribution in [2.24, 2.45) is 0 Å². The monoisotopic (exact) mass is 635 g/mol. The molecule has 1 atom stereocenters. The summed E-state index contributed by atoms with van der Waals surface area (Å²) in [7, 11) is 0. The molecule has 0 unspecified atom stereocenters. The summed E-state index contributed by atoms with van der Waals surface area (Å²) in [5, 5.41) is 12.5. The van der Waals surface area contributed by atoms with Crippen LogP contribution in [0.5, 0.6) is 17.5 Å². The van der Waals surface area contributed by atoms with Crippen molar-refractivity contribution < 1.29 is 42.0 Å². The topological polar surface area (TPSA) is 138 Å². The van der Waals surface area contributed by atoms with Crippen LogP contribution in [-0.4, -0.2) is 63.7 Å². The second-order valence-corrected chi connectivity index (χ2v) is 10.3. The van der Waals surface area contributed by atoms with Crippen LogP contribution in [0.4, 0.5) is 23.7 Å². The molecular weight excluding hydrogens is 615 g/mol. The standard InChI is InChI=1S/C27H21ClF3N5O6S/c1-13(12-40-27(38)35-16-9-33-26(34-10-16)39-3-2-37)41-21-8-22-20(7-19(21)29)36-24(43-22)18-6-15(28)4-14-5-17(42-25(30)31)11-32-23(14)18/h4-11,13,25,37H,2-3,12H2,1H3,(H,35,38)/t13-/m0/s1. The molecule has 224 valence electrons. The fourth-order valence-corrected chi connectivity index (χ4v) is 5.07. The number of carbonyl (C=O) groups is 1. The van der Waals surface area contributed by atoms with Crippen LogP contribution in [0.1, 0.15) is 6.92 Å². The van der Waals surface area contributed by atoms with Gasteiger partial charge in [-0.1, -0.05) is 11.6 Å². The zero-order chi connectivity index (χ0) is 30.5. The second-order valence-electron chi connectivity index (χ2n) is 8.82. The van der Waals surface area contributed by atoms with Crippen molar-refractivity contribution in [1.29, 1.82) is 0 Å². The summed E-state index contributed by atoms with van der Waals surface area (Å²) in [5.41, 5.74) is 1.58. The van der Waals surface area contributed by atoms with Crippen molar-refractivity contribution >= 4 is 55.8 Å². The zero-order valence-electron chi connectivity index (χ0n) is 22.1. The minimum Gasteiger partial charge on any atom is -0.484 e. The number of aliphatic hydroxyl groups is 1. The quantitative estimate of drug-likeness (QED) is 0.176. The van der Waals surface area contributed by atoms with E-state index in [1.807, 2.05) is 0 Å². The molecule has 0 bridgehead atoms. The highest BCUT2D eigenvalue weighted by atomic mass is 35.5. The van der Waals surface area contributed by atoms with Gasteiger partial charge in [-0.3, -0.25) is 10.3 Å². The van der Waals surface area contributed by atoms with Gasteiger partial charge in [0.05, 0.1) is 46.6 Å². The molecule has 43 heavy (non-hydrogen) atoms. The number of aliphatic hydroxyl groups excluding tert-OH is 1. The largest absolute Gasteiger partial charge is 0.484 e. The number of fused-ring (bicyclic) bond motifs is 2. The van der Waals surface area contributed by atoms with Crippen LogP contribution in [0.2, 0.25) is 5.02 Å². The number of hydrogen-bond acceptors (Lipinski definition) is 11. The lowest BCUT2D eigenvalue weighted by Gasteiger charge is -2.15. The Morgan fingerprint density at radius 2 is 1.88 bits per heavy atom. The van der Waals surface area contributed by atoms with Crippen LogP contribution in [-0.2, 0) is 4.74 Å². The Balaban J connectivity index is 1.26. The second kappa shape index (κ2) is 13.2. The van der Waals surface area contributed by atoms with Crippen molar-refractivity contribution in [3.63, 3.8) is 0 Å². The predicted octanol–water partition coefficient (Wildman–Crippen LogP) is 6.08. The first-order valence-corrected chi connectivity index (χ1v) is 13.7. The van der Waals surface area contributed by atoms with Crippen molar-refractivity contribution in [2.75, 3.05) is 25.1 Å². The Labute approximate surface area is 250 Å². The van der Waals surface area contributed by atoms with Gasteiger partial charge in [-0.2, -0.15) is 8.78 Å². The first kappa shape index (κ1) is 30.0. The van der Waals surface area contributed by atoms with Gasteiger partial charge < -0.3 is 24.1 Å². The molecule has 0 aliphatic carbocycles. The van der Waals surface area contributed by atoms with E-state index < -0.39 is 24.6 Å². The number of nitrogens with zero attached hydrogens (tertiary/aromatic N) is 4. The number of alkyl halides is 2. The van der Waals surface area contributed by atoms with Crippen molar-refractivity contribution in [3.8, 4) is 28.1 Å². The summed E-state index contributed by atoms with van der Waals surface area (Å²) in [6, 6.07) is 7.32. The molecule has 0 saturated carbocycles. The highest BCUT2D eigenvalue weighted by Gasteiger charge is 2.18. The number of rotatable bonds is 11. The number of nitrogens with one attached hydrogen (secondary N) is 1. The predicted molar refractivity (Wildman–Crippen MR) is 152 cm³/mol. The number of thiazole rings is 1. The molecule has 0 saturated heterocycles.